The second kappa shape index (κ2) is 6.01. The molecule has 2 nitrogen and oxygen atoms in total. The lowest BCUT2D eigenvalue weighted by atomic mass is 9.88. The van der Waals surface area contributed by atoms with E-state index in [0.29, 0.717) is 12.1 Å². The van der Waals surface area contributed by atoms with Crippen LogP contribution >= 0.6 is 0 Å². The molecule has 0 bridgehead atoms. The third kappa shape index (κ3) is 2.66. The maximum Gasteiger partial charge on any atom is 0.0821 e. The topological polar surface area (TPSA) is 12.5 Å². The van der Waals surface area contributed by atoms with Crippen molar-refractivity contribution < 1.29 is 4.74 Å². The Balaban J connectivity index is 1.77. The molecule has 0 aromatic heterocycles. The third-order valence-corrected chi connectivity index (χ3v) is 5.47. The molecule has 2 aromatic rings. The maximum atomic E-state index is 6.11. The summed E-state index contributed by atoms with van der Waals surface area (Å²) in [5, 5.41) is 0. The van der Waals surface area contributed by atoms with Crippen molar-refractivity contribution in [1.82, 2.24) is 0 Å². The Kier molecular flexibility index (Phi) is 3.86. The number of rotatable bonds is 2. The second-order valence-corrected chi connectivity index (χ2v) is 6.91. The molecule has 1 fully saturated rings. The Morgan fingerprint density at radius 3 is 2.70 bits per heavy atom. The summed E-state index contributed by atoms with van der Waals surface area (Å²) in [6.07, 6.45) is 3.79. The van der Waals surface area contributed by atoms with Gasteiger partial charge >= 0.3 is 0 Å². The van der Waals surface area contributed by atoms with Gasteiger partial charge in [0.25, 0.3) is 0 Å². The molecule has 23 heavy (non-hydrogen) atoms. The second-order valence-electron chi connectivity index (χ2n) is 6.91. The molecule has 0 aliphatic carbocycles. The SMILES string of the molecule is Cc1ccc(N2CCc3ccccc3[C@@H]2[C@@H]2CCCO2)cc1C. The van der Waals surface area contributed by atoms with E-state index in [1.807, 2.05) is 0 Å². The average Bonchev–Trinajstić information content (AvgIpc) is 3.10. The van der Waals surface area contributed by atoms with Crippen LogP contribution in [0.1, 0.15) is 41.1 Å². The summed E-state index contributed by atoms with van der Waals surface area (Å²) in [4.78, 5) is 2.57. The van der Waals surface area contributed by atoms with Crippen molar-refractivity contribution >= 4 is 5.69 Å². The molecule has 2 aromatic carbocycles. The molecule has 0 N–H and O–H groups in total. The normalized spacial score (nSPS) is 23.8. The summed E-state index contributed by atoms with van der Waals surface area (Å²) >= 11 is 0. The Hall–Kier alpha value is -1.80. The molecule has 1 saturated heterocycles. The largest absolute Gasteiger partial charge is 0.376 e. The third-order valence-electron chi connectivity index (χ3n) is 5.47. The molecular formula is C21H25NO. The van der Waals surface area contributed by atoms with Gasteiger partial charge in [0.1, 0.15) is 0 Å². The lowest BCUT2D eigenvalue weighted by Gasteiger charge is -2.42. The molecule has 0 spiro atoms. The van der Waals surface area contributed by atoms with Crippen molar-refractivity contribution in [3.63, 3.8) is 0 Å². The van der Waals surface area contributed by atoms with Crippen molar-refractivity contribution in [1.29, 1.82) is 0 Å². The number of hydrogen-bond donors (Lipinski definition) is 0. The highest BCUT2D eigenvalue weighted by molar-refractivity contribution is 5.55. The summed E-state index contributed by atoms with van der Waals surface area (Å²) in [5.41, 5.74) is 7.02. The van der Waals surface area contributed by atoms with E-state index in [0.717, 1.165) is 19.6 Å². The molecular weight excluding hydrogens is 282 g/mol. The van der Waals surface area contributed by atoms with Crippen LogP contribution in [0.2, 0.25) is 0 Å². The summed E-state index contributed by atoms with van der Waals surface area (Å²) < 4.78 is 6.11. The number of nitrogens with zero attached hydrogens (tertiary/aromatic N) is 1. The fourth-order valence-electron chi connectivity index (χ4n) is 4.04. The molecule has 2 heterocycles. The van der Waals surface area contributed by atoms with Gasteiger partial charge in [-0.25, -0.2) is 0 Å². The molecule has 2 atom stereocenters. The standard InChI is InChI=1S/C21H25NO/c1-15-9-10-18(14-16(15)2)22-12-11-17-6-3-4-7-19(17)21(22)20-8-5-13-23-20/h3-4,6-7,9-10,14,20-21H,5,8,11-13H2,1-2H3/t20-,21+/m0/s1. The summed E-state index contributed by atoms with van der Waals surface area (Å²) in [6.45, 7) is 6.37. The molecule has 0 unspecified atom stereocenters. The van der Waals surface area contributed by atoms with Gasteiger partial charge in [0, 0.05) is 18.8 Å². The Morgan fingerprint density at radius 2 is 1.91 bits per heavy atom. The predicted molar refractivity (Wildman–Crippen MR) is 95.1 cm³/mol. The monoisotopic (exact) mass is 307 g/mol. The minimum absolute atomic E-state index is 0.318. The fraction of sp³-hybridized carbons (Fsp3) is 0.429. The van der Waals surface area contributed by atoms with Crippen LogP contribution in [0, 0.1) is 13.8 Å². The van der Waals surface area contributed by atoms with Gasteiger partial charge in [0.05, 0.1) is 12.1 Å². The lowest BCUT2D eigenvalue weighted by Crippen LogP contribution is -2.41. The Morgan fingerprint density at radius 1 is 1.04 bits per heavy atom. The lowest BCUT2D eigenvalue weighted by molar-refractivity contribution is 0.0854. The summed E-state index contributed by atoms with van der Waals surface area (Å²) in [7, 11) is 0. The zero-order valence-electron chi connectivity index (χ0n) is 14.1. The smallest absolute Gasteiger partial charge is 0.0821 e. The number of aryl methyl sites for hydroxylation is 2. The van der Waals surface area contributed by atoms with E-state index < -0.39 is 0 Å². The fourth-order valence-corrected chi connectivity index (χ4v) is 4.04. The van der Waals surface area contributed by atoms with Gasteiger partial charge in [0.15, 0.2) is 0 Å². The van der Waals surface area contributed by atoms with Gasteiger partial charge in [-0.2, -0.15) is 0 Å². The first kappa shape index (κ1) is 14.8. The van der Waals surface area contributed by atoms with E-state index in [1.54, 1.807) is 0 Å². The summed E-state index contributed by atoms with van der Waals surface area (Å²) in [5.74, 6) is 0. The first-order valence-corrected chi connectivity index (χ1v) is 8.77. The minimum Gasteiger partial charge on any atom is -0.376 e. The molecule has 2 aliphatic rings. The first-order chi connectivity index (χ1) is 11.2. The highest BCUT2D eigenvalue weighted by atomic mass is 16.5. The molecule has 120 valence electrons. The van der Waals surface area contributed by atoms with Crippen LogP contribution in [-0.2, 0) is 11.2 Å². The maximum absolute atomic E-state index is 6.11. The molecule has 2 aliphatic heterocycles. The average molecular weight is 307 g/mol. The van der Waals surface area contributed by atoms with Gasteiger partial charge in [-0.15, -0.1) is 0 Å². The van der Waals surface area contributed by atoms with Crippen LogP contribution in [0.25, 0.3) is 0 Å². The first-order valence-electron chi connectivity index (χ1n) is 8.77. The van der Waals surface area contributed by atoms with E-state index in [1.165, 1.54) is 40.8 Å². The summed E-state index contributed by atoms with van der Waals surface area (Å²) in [6, 6.07) is 16.1. The van der Waals surface area contributed by atoms with Gasteiger partial charge in [0.2, 0.25) is 0 Å². The van der Waals surface area contributed by atoms with Crippen LogP contribution in [-0.4, -0.2) is 19.3 Å². The number of hydrogen-bond acceptors (Lipinski definition) is 2. The highest BCUT2D eigenvalue weighted by Crippen LogP contribution is 2.40. The van der Waals surface area contributed by atoms with Crippen molar-refractivity contribution in [2.75, 3.05) is 18.1 Å². The van der Waals surface area contributed by atoms with Gasteiger partial charge < -0.3 is 9.64 Å². The number of fused-ring (bicyclic) bond motifs is 1. The number of anilines is 1. The van der Waals surface area contributed by atoms with Crippen molar-refractivity contribution in [3.8, 4) is 0 Å². The zero-order chi connectivity index (χ0) is 15.8. The van der Waals surface area contributed by atoms with Crippen LogP contribution < -0.4 is 4.90 Å². The highest BCUT2D eigenvalue weighted by Gasteiger charge is 2.36. The number of benzene rings is 2. The predicted octanol–water partition coefficient (Wildman–Crippen LogP) is 4.59. The van der Waals surface area contributed by atoms with E-state index >= 15 is 0 Å². The van der Waals surface area contributed by atoms with Gasteiger partial charge in [-0.05, 0) is 67.5 Å². The Bertz CT molecular complexity index is 703. The molecule has 4 rings (SSSR count). The zero-order valence-corrected chi connectivity index (χ0v) is 14.1. The minimum atomic E-state index is 0.318. The van der Waals surface area contributed by atoms with Crippen LogP contribution in [0.15, 0.2) is 42.5 Å². The molecule has 0 amide bonds. The van der Waals surface area contributed by atoms with Gasteiger partial charge in [-0.1, -0.05) is 30.3 Å². The molecule has 0 saturated carbocycles. The van der Waals surface area contributed by atoms with Crippen molar-refractivity contribution in [3.05, 3.63) is 64.7 Å². The van der Waals surface area contributed by atoms with Crippen LogP contribution in [0.3, 0.4) is 0 Å². The van der Waals surface area contributed by atoms with Crippen molar-refractivity contribution in [2.45, 2.75) is 45.3 Å². The number of ether oxygens (including phenoxy) is 1. The van der Waals surface area contributed by atoms with E-state index in [2.05, 4.69) is 61.2 Å². The van der Waals surface area contributed by atoms with E-state index in [4.69, 9.17) is 4.74 Å². The Labute approximate surface area is 139 Å². The van der Waals surface area contributed by atoms with Crippen LogP contribution in [0.4, 0.5) is 5.69 Å². The molecule has 2 heteroatoms. The van der Waals surface area contributed by atoms with Crippen molar-refractivity contribution in [2.24, 2.45) is 0 Å². The van der Waals surface area contributed by atoms with Crippen LogP contribution in [0.5, 0.6) is 0 Å². The quantitative estimate of drug-likeness (QED) is 0.805. The molecule has 0 radical (unpaired) electrons. The van der Waals surface area contributed by atoms with E-state index in [9.17, 15) is 0 Å². The van der Waals surface area contributed by atoms with E-state index in [-0.39, 0.29) is 0 Å². The van der Waals surface area contributed by atoms with Gasteiger partial charge in [-0.3, -0.25) is 0 Å².